The van der Waals surface area contributed by atoms with Crippen LogP contribution in [-0.4, -0.2) is 14.3 Å². The van der Waals surface area contributed by atoms with E-state index in [0.717, 1.165) is 27.9 Å². The second-order valence-corrected chi connectivity index (χ2v) is 9.09. The topological polar surface area (TPSA) is 75.3 Å². The third kappa shape index (κ3) is 5.48. The molecule has 5 nitrogen and oxygen atoms in total. The Morgan fingerprint density at radius 1 is 0.867 bits per heavy atom. The van der Waals surface area contributed by atoms with Gasteiger partial charge >= 0.3 is 0 Å². The van der Waals surface area contributed by atoms with E-state index in [9.17, 15) is 13.2 Å². The summed E-state index contributed by atoms with van der Waals surface area (Å²) in [5, 5.41) is 2.94. The van der Waals surface area contributed by atoms with Crippen molar-refractivity contribution in [2.45, 2.75) is 38.5 Å². The minimum Gasteiger partial charge on any atom is -0.326 e. The number of carbonyl (C=O) groups excluding carboxylic acids is 1. The number of amides is 1. The van der Waals surface area contributed by atoms with Gasteiger partial charge in [-0.3, -0.25) is 9.52 Å². The number of carbonyl (C=O) groups is 1. The number of sulfonamides is 1. The molecule has 30 heavy (non-hydrogen) atoms. The van der Waals surface area contributed by atoms with Crippen LogP contribution in [0.3, 0.4) is 0 Å². The Morgan fingerprint density at radius 3 is 2.20 bits per heavy atom. The molecule has 6 heteroatoms. The van der Waals surface area contributed by atoms with Crippen molar-refractivity contribution in [3.05, 3.63) is 89.0 Å². The molecule has 0 aliphatic carbocycles. The van der Waals surface area contributed by atoms with E-state index in [1.807, 2.05) is 51.1 Å². The van der Waals surface area contributed by atoms with E-state index in [1.54, 1.807) is 36.4 Å². The number of hydrogen-bond donors (Lipinski definition) is 2. The molecule has 0 unspecified atom stereocenters. The molecule has 3 aromatic carbocycles. The van der Waals surface area contributed by atoms with Crippen LogP contribution in [0.15, 0.2) is 71.6 Å². The molecule has 0 aliphatic heterocycles. The lowest BCUT2D eigenvalue weighted by atomic mass is 10.1. The first-order valence-electron chi connectivity index (χ1n) is 9.79. The molecule has 0 aliphatic rings. The third-order valence-corrected chi connectivity index (χ3v) is 6.45. The van der Waals surface area contributed by atoms with Gasteiger partial charge in [-0.1, -0.05) is 42.0 Å². The lowest BCUT2D eigenvalue weighted by Crippen LogP contribution is -2.14. The maximum absolute atomic E-state index is 12.6. The van der Waals surface area contributed by atoms with E-state index in [1.165, 1.54) is 0 Å². The van der Waals surface area contributed by atoms with Crippen LogP contribution in [0.25, 0.3) is 0 Å². The molecule has 0 saturated heterocycles. The van der Waals surface area contributed by atoms with Crippen molar-refractivity contribution in [3.63, 3.8) is 0 Å². The first kappa shape index (κ1) is 21.6. The number of hydrogen-bond acceptors (Lipinski definition) is 3. The highest BCUT2D eigenvalue weighted by Crippen LogP contribution is 2.20. The number of nitrogens with one attached hydrogen (secondary N) is 2. The van der Waals surface area contributed by atoms with E-state index >= 15 is 0 Å². The fourth-order valence-corrected chi connectivity index (χ4v) is 4.09. The Bertz CT molecular complexity index is 1140. The Labute approximate surface area is 178 Å². The van der Waals surface area contributed by atoms with Crippen LogP contribution in [0.5, 0.6) is 0 Å². The highest BCUT2D eigenvalue weighted by Gasteiger charge is 2.14. The van der Waals surface area contributed by atoms with Gasteiger partial charge in [-0.05, 0) is 74.2 Å². The highest BCUT2D eigenvalue weighted by atomic mass is 32.2. The van der Waals surface area contributed by atoms with Crippen molar-refractivity contribution in [2.24, 2.45) is 0 Å². The van der Waals surface area contributed by atoms with Crippen LogP contribution in [-0.2, 0) is 21.2 Å². The van der Waals surface area contributed by atoms with Crippen LogP contribution in [0.2, 0.25) is 0 Å². The summed E-state index contributed by atoms with van der Waals surface area (Å²) in [5.41, 5.74) is 5.49. The van der Waals surface area contributed by atoms with Gasteiger partial charge in [0, 0.05) is 17.8 Å². The molecule has 2 N–H and O–H groups in total. The predicted molar refractivity (Wildman–Crippen MR) is 121 cm³/mol. The van der Waals surface area contributed by atoms with Crippen LogP contribution < -0.4 is 10.0 Å². The average Bonchev–Trinajstić information content (AvgIpc) is 2.72. The molecule has 0 spiro atoms. The SMILES string of the molecule is Cc1ccc(NS(=O)(=O)c2ccc(CCC(=O)Nc3cccc(C)c3C)cc2)cc1. The first-order chi connectivity index (χ1) is 14.2. The van der Waals surface area contributed by atoms with Gasteiger partial charge in [0.1, 0.15) is 0 Å². The van der Waals surface area contributed by atoms with E-state index in [0.29, 0.717) is 18.5 Å². The fourth-order valence-electron chi connectivity index (χ4n) is 3.03. The number of aryl methyl sites for hydroxylation is 3. The zero-order valence-corrected chi connectivity index (χ0v) is 18.2. The zero-order valence-electron chi connectivity index (χ0n) is 17.4. The van der Waals surface area contributed by atoms with Crippen LogP contribution in [0, 0.1) is 20.8 Å². The van der Waals surface area contributed by atoms with Crippen LogP contribution in [0.4, 0.5) is 11.4 Å². The molecule has 0 radical (unpaired) electrons. The number of anilines is 2. The van der Waals surface area contributed by atoms with Crippen molar-refractivity contribution in [3.8, 4) is 0 Å². The van der Waals surface area contributed by atoms with Crippen LogP contribution >= 0.6 is 0 Å². The molecule has 156 valence electrons. The second-order valence-electron chi connectivity index (χ2n) is 7.41. The molecular weight excluding hydrogens is 396 g/mol. The van der Waals surface area contributed by atoms with Gasteiger partial charge in [0.05, 0.1) is 4.90 Å². The predicted octanol–water partition coefficient (Wildman–Crippen LogP) is 4.98. The normalized spacial score (nSPS) is 11.2. The summed E-state index contributed by atoms with van der Waals surface area (Å²) in [5.74, 6) is -0.0681. The molecule has 0 aromatic heterocycles. The maximum Gasteiger partial charge on any atom is 0.261 e. The van der Waals surface area contributed by atoms with E-state index in [2.05, 4.69) is 10.0 Å². The Balaban J connectivity index is 1.59. The Kier molecular flexibility index (Phi) is 6.57. The average molecular weight is 423 g/mol. The standard InChI is InChI=1S/C24H26N2O3S/c1-17-7-12-21(13-8-17)26-30(28,29)22-14-9-20(10-15-22)11-16-24(27)25-23-6-4-5-18(2)19(23)3/h4-10,12-15,26H,11,16H2,1-3H3,(H,25,27). The lowest BCUT2D eigenvalue weighted by molar-refractivity contribution is -0.116. The van der Waals surface area contributed by atoms with Crippen molar-refractivity contribution < 1.29 is 13.2 Å². The number of rotatable bonds is 7. The van der Waals surface area contributed by atoms with Crippen molar-refractivity contribution in [1.29, 1.82) is 0 Å². The number of benzene rings is 3. The molecule has 0 fully saturated rings. The summed E-state index contributed by atoms with van der Waals surface area (Å²) in [6.45, 7) is 5.93. The first-order valence-corrected chi connectivity index (χ1v) is 11.3. The highest BCUT2D eigenvalue weighted by molar-refractivity contribution is 7.92. The Hall–Kier alpha value is -3.12. The van der Waals surface area contributed by atoms with E-state index in [4.69, 9.17) is 0 Å². The maximum atomic E-state index is 12.6. The van der Waals surface area contributed by atoms with Gasteiger partial charge in [0.2, 0.25) is 5.91 Å². The molecule has 3 rings (SSSR count). The Morgan fingerprint density at radius 2 is 1.53 bits per heavy atom. The molecule has 0 heterocycles. The van der Waals surface area contributed by atoms with Gasteiger partial charge in [-0.15, -0.1) is 0 Å². The largest absolute Gasteiger partial charge is 0.326 e. The van der Waals surface area contributed by atoms with Gasteiger partial charge in [-0.2, -0.15) is 0 Å². The van der Waals surface area contributed by atoms with Crippen molar-refractivity contribution in [1.82, 2.24) is 0 Å². The van der Waals surface area contributed by atoms with Crippen LogP contribution in [0.1, 0.15) is 28.7 Å². The molecule has 1 amide bonds. The quantitative estimate of drug-likeness (QED) is 0.564. The monoisotopic (exact) mass is 422 g/mol. The molecule has 0 bridgehead atoms. The third-order valence-electron chi connectivity index (χ3n) is 5.06. The van der Waals surface area contributed by atoms with Crippen molar-refractivity contribution in [2.75, 3.05) is 10.0 Å². The summed E-state index contributed by atoms with van der Waals surface area (Å²) < 4.78 is 27.7. The summed E-state index contributed by atoms with van der Waals surface area (Å²) in [6.07, 6.45) is 0.851. The van der Waals surface area contributed by atoms with Gasteiger partial charge in [0.25, 0.3) is 10.0 Å². The summed E-state index contributed by atoms with van der Waals surface area (Å²) in [4.78, 5) is 12.5. The fraction of sp³-hybridized carbons (Fsp3) is 0.208. The van der Waals surface area contributed by atoms with E-state index in [-0.39, 0.29) is 10.8 Å². The molecule has 3 aromatic rings. The second kappa shape index (κ2) is 9.13. The molecular formula is C24H26N2O3S. The summed E-state index contributed by atoms with van der Waals surface area (Å²) in [6, 6.07) is 19.6. The minimum atomic E-state index is -3.65. The van der Waals surface area contributed by atoms with E-state index < -0.39 is 10.0 Å². The van der Waals surface area contributed by atoms with Crippen molar-refractivity contribution >= 4 is 27.3 Å². The van der Waals surface area contributed by atoms with Gasteiger partial charge in [-0.25, -0.2) is 8.42 Å². The smallest absolute Gasteiger partial charge is 0.261 e. The molecule has 0 atom stereocenters. The minimum absolute atomic E-state index is 0.0681. The zero-order chi connectivity index (χ0) is 21.7. The lowest BCUT2D eigenvalue weighted by Gasteiger charge is -2.11. The summed E-state index contributed by atoms with van der Waals surface area (Å²) in [7, 11) is -3.65. The molecule has 0 saturated carbocycles. The summed E-state index contributed by atoms with van der Waals surface area (Å²) >= 11 is 0. The van der Waals surface area contributed by atoms with Gasteiger partial charge in [0.15, 0.2) is 0 Å². The van der Waals surface area contributed by atoms with Gasteiger partial charge < -0.3 is 5.32 Å².